The predicted octanol–water partition coefficient (Wildman–Crippen LogP) is 7.01. The van der Waals surface area contributed by atoms with Crippen LogP contribution in [0.1, 0.15) is 46.9 Å². The van der Waals surface area contributed by atoms with E-state index >= 15 is 0 Å². The van der Waals surface area contributed by atoms with Crippen LogP contribution in [0, 0.1) is 17.7 Å². The van der Waals surface area contributed by atoms with Crippen LogP contribution in [-0.4, -0.2) is 40.4 Å². The van der Waals surface area contributed by atoms with Crippen molar-refractivity contribution in [3.63, 3.8) is 0 Å². The van der Waals surface area contributed by atoms with Gasteiger partial charge in [0.25, 0.3) is 0 Å². The fourth-order valence-corrected chi connectivity index (χ4v) is 7.28. The number of ether oxygens (including phenoxy) is 1. The molecule has 11 heteroatoms. The SMILES string of the molecule is O=C(O)c1cc(F)c2nc(N3C[C@@H]4CC(OCc5c(-c6c(Cl)cccc6Cl)noc5C5CC5)[C@@H]4C3)sc2c1. The van der Waals surface area contributed by atoms with E-state index in [4.69, 9.17) is 32.5 Å². The molecule has 2 aromatic carbocycles. The lowest BCUT2D eigenvalue weighted by Gasteiger charge is -2.38. The maximum atomic E-state index is 14.5. The zero-order valence-corrected chi connectivity index (χ0v) is 22.3. The molecule has 0 bridgehead atoms. The van der Waals surface area contributed by atoms with Crippen molar-refractivity contribution in [2.75, 3.05) is 18.0 Å². The van der Waals surface area contributed by atoms with Gasteiger partial charge < -0.3 is 19.3 Å². The van der Waals surface area contributed by atoms with Gasteiger partial charge in [0, 0.05) is 36.1 Å². The summed E-state index contributed by atoms with van der Waals surface area (Å²) in [4.78, 5) is 18.0. The van der Waals surface area contributed by atoms with Gasteiger partial charge in [0.05, 0.1) is 33.0 Å². The number of carbonyl (C=O) groups is 1. The lowest BCUT2D eigenvalue weighted by Crippen LogP contribution is -2.42. The first-order valence-corrected chi connectivity index (χ1v) is 14.1. The van der Waals surface area contributed by atoms with Crippen molar-refractivity contribution in [1.82, 2.24) is 10.1 Å². The summed E-state index contributed by atoms with van der Waals surface area (Å²) in [5.74, 6) is 0.246. The Morgan fingerprint density at radius 1 is 1.24 bits per heavy atom. The topological polar surface area (TPSA) is 88.7 Å². The first-order chi connectivity index (χ1) is 18.4. The van der Waals surface area contributed by atoms with Crippen LogP contribution in [0.25, 0.3) is 21.5 Å². The van der Waals surface area contributed by atoms with Gasteiger partial charge in [-0.05, 0) is 49.4 Å². The lowest BCUT2D eigenvalue weighted by molar-refractivity contribution is -0.0747. The summed E-state index contributed by atoms with van der Waals surface area (Å²) < 4.78 is 27.2. The Bertz CT molecular complexity index is 1570. The van der Waals surface area contributed by atoms with Crippen molar-refractivity contribution in [1.29, 1.82) is 0 Å². The average molecular weight is 574 g/mol. The number of rotatable bonds is 7. The van der Waals surface area contributed by atoms with E-state index in [1.807, 2.05) is 0 Å². The van der Waals surface area contributed by atoms with Gasteiger partial charge in [-0.15, -0.1) is 0 Å². The quantitative estimate of drug-likeness (QED) is 0.254. The standard InChI is InChI=1S/C27H22Cl2FN3O4S/c28-17-2-1-3-18(29)22(17)23-16(25(37-32-23)12-4-5-12)11-36-20-7-14-9-33(10-15(14)20)27-31-24-19(30)6-13(26(34)35)8-21(24)38-27/h1-3,6,8,12,14-15,20H,4-5,7,9-11H2,(H,34,35)/t14-,15+,20?/m0/s1. The van der Waals surface area contributed by atoms with Crippen molar-refractivity contribution in [2.45, 2.75) is 37.9 Å². The molecule has 1 unspecified atom stereocenters. The smallest absolute Gasteiger partial charge is 0.335 e. The Morgan fingerprint density at radius 2 is 2.03 bits per heavy atom. The highest BCUT2D eigenvalue weighted by Gasteiger charge is 2.48. The number of hydrogen-bond donors (Lipinski definition) is 1. The van der Waals surface area contributed by atoms with Gasteiger partial charge in [-0.3, -0.25) is 0 Å². The summed E-state index contributed by atoms with van der Waals surface area (Å²) in [5, 5.41) is 15.3. The van der Waals surface area contributed by atoms with E-state index in [1.165, 1.54) is 17.4 Å². The fourth-order valence-electron chi connectivity index (χ4n) is 5.67. The first kappa shape index (κ1) is 24.3. The second kappa shape index (κ2) is 9.19. The number of nitrogens with zero attached hydrogens (tertiary/aromatic N) is 3. The molecule has 3 heterocycles. The maximum absolute atomic E-state index is 14.5. The van der Waals surface area contributed by atoms with E-state index in [0.29, 0.717) is 55.5 Å². The number of anilines is 1. The molecule has 1 aliphatic heterocycles. The third kappa shape index (κ3) is 4.07. The van der Waals surface area contributed by atoms with Crippen LogP contribution in [-0.2, 0) is 11.3 Å². The highest BCUT2D eigenvalue weighted by atomic mass is 35.5. The summed E-state index contributed by atoms with van der Waals surface area (Å²) in [6, 6.07) is 7.89. The van der Waals surface area contributed by atoms with E-state index in [0.717, 1.165) is 49.7 Å². The van der Waals surface area contributed by atoms with Crippen molar-refractivity contribution in [2.24, 2.45) is 11.8 Å². The van der Waals surface area contributed by atoms with Gasteiger partial charge in [-0.2, -0.15) is 0 Å². The number of fused-ring (bicyclic) bond motifs is 2. The highest BCUT2D eigenvalue weighted by molar-refractivity contribution is 7.22. The molecule has 2 aromatic heterocycles. The van der Waals surface area contributed by atoms with Gasteiger partial charge in [-0.1, -0.05) is 45.8 Å². The Balaban J connectivity index is 1.08. The lowest BCUT2D eigenvalue weighted by atomic mass is 9.73. The fraction of sp³-hybridized carbons (Fsp3) is 0.370. The summed E-state index contributed by atoms with van der Waals surface area (Å²) in [6.07, 6.45) is 3.14. The van der Waals surface area contributed by atoms with Crippen molar-refractivity contribution >= 4 is 55.9 Å². The number of aromatic nitrogens is 2. The molecule has 1 saturated heterocycles. The molecular formula is C27H22Cl2FN3O4S. The number of hydrogen-bond acceptors (Lipinski definition) is 7. The summed E-state index contributed by atoms with van der Waals surface area (Å²) in [7, 11) is 0. The van der Waals surface area contributed by atoms with E-state index < -0.39 is 11.8 Å². The number of thiazole rings is 1. The number of benzene rings is 2. The average Bonchev–Trinajstić information content (AvgIpc) is 3.33. The number of carboxylic acids is 1. The van der Waals surface area contributed by atoms with Crippen molar-refractivity contribution in [3.05, 3.63) is 63.1 Å². The molecule has 2 aliphatic carbocycles. The van der Waals surface area contributed by atoms with Crippen molar-refractivity contribution < 1.29 is 23.6 Å². The molecule has 1 N–H and O–H groups in total. The maximum Gasteiger partial charge on any atom is 0.335 e. The molecule has 0 radical (unpaired) electrons. The molecule has 2 saturated carbocycles. The molecule has 0 amide bonds. The van der Waals surface area contributed by atoms with Crippen molar-refractivity contribution in [3.8, 4) is 11.3 Å². The second-order valence-electron chi connectivity index (χ2n) is 10.3. The molecule has 3 aliphatic rings. The van der Waals surface area contributed by atoms with Crippen LogP contribution < -0.4 is 4.90 Å². The Hall–Kier alpha value is -2.72. The Labute approximate surface area is 231 Å². The largest absolute Gasteiger partial charge is 0.478 e. The number of carboxylic acid groups (broad SMARTS) is 1. The summed E-state index contributed by atoms with van der Waals surface area (Å²) in [5.41, 5.74) is 2.36. The molecule has 7 nitrogen and oxygen atoms in total. The van der Waals surface area contributed by atoms with Crippen LogP contribution in [0.15, 0.2) is 34.9 Å². The predicted molar refractivity (Wildman–Crippen MR) is 143 cm³/mol. The van der Waals surface area contributed by atoms with E-state index in [1.54, 1.807) is 18.2 Å². The van der Waals surface area contributed by atoms with E-state index in [-0.39, 0.29) is 17.2 Å². The van der Waals surface area contributed by atoms with Gasteiger partial charge in [0.2, 0.25) is 0 Å². The monoisotopic (exact) mass is 573 g/mol. The summed E-state index contributed by atoms with van der Waals surface area (Å²) in [6.45, 7) is 1.94. The normalized spacial score (nSPS) is 22.6. The zero-order chi connectivity index (χ0) is 26.1. The van der Waals surface area contributed by atoms with Crippen LogP contribution >= 0.6 is 34.5 Å². The molecule has 3 atom stereocenters. The minimum absolute atomic E-state index is 0.0723. The minimum Gasteiger partial charge on any atom is -0.478 e. The zero-order valence-electron chi connectivity index (χ0n) is 20.0. The number of aromatic carboxylic acids is 1. The van der Waals surface area contributed by atoms with Gasteiger partial charge in [0.1, 0.15) is 17.0 Å². The third-order valence-electron chi connectivity index (χ3n) is 7.87. The highest BCUT2D eigenvalue weighted by Crippen LogP contribution is 2.48. The second-order valence-corrected chi connectivity index (χ2v) is 12.1. The Morgan fingerprint density at radius 3 is 2.76 bits per heavy atom. The van der Waals surface area contributed by atoms with Crippen LogP contribution in [0.5, 0.6) is 0 Å². The molecular weight excluding hydrogens is 552 g/mol. The van der Waals surface area contributed by atoms with Crippen LogP contribution in [0.3, 0.4) is 0 Å². The third-order valence-corrected chi connectivity index (χ3v) is 9.56. The van der Waals surface area contributed by atoms with Gasteiger partial charge in [-0.25, -0.2) is 14.2 Å². The molecule has 7 rings (SSSR count). The Kier molecular flexibility index (Phi) is 5.88. The van der Waals surface area contributed by atoms with Crippen LogP contribution in [0.2, 0.25) is 10.0 Å². The molecule has 196 valence electrons. The van der Waals surface area contributed by atoms with E-state index in [2.05, 4.69) is 15.0 Å². The minimum atomic E-state index is -1.16. The van der Waals surface area contributed by atoms with E-state index in [9.17, 15) is 14.3 Å². The molecule has 3 fully saturated rings. The summed E-state index contributed by atoms with van der Waals surface area (Å²) >= 11 is 14.3. The van der Waals surface area contributed by atoms with Gasteiger partial charge in [0.15, 0.2) is 10.9 Å². The molecule has 4 aromatic rings. The van der Waals surface area contributed by atoms with Gasteiger partial charge >= 0.3 is 5.97 Å². The number of halogens is 3. The first-order valence-electron chi connectivity index (χ1n) is 12.5. The molecule has 38 heavy (non-hydrogen) atoms. The van der Waals surface area contributed by atoms with Crippen LogP contribution in [0.4, 0.5) is 9.52 Å². The molecule has 0 spiro atoms.